The molecule has 0 radical (unpaired) electrons. The Bertz CT molecular complexity index is 2460. The summed E-state index contributed by atoms with van der Waals surface area (Å²) in [6.07, 6.45) is 7.50. The molecule has 2 aliphatic carbocycles. The zero-order valence-electron chi connectivity index (χ0n) is 40.1. The van der Waals surface area contributed by atoms with Gasteiger partial charge in [-0.3, -0.25) is 9.59 Å². The molecule has 2 heterocycles. The van der Waals surface area contributed by atoms with Crippen molar-refractivity contribution >= 4 is 64.2 Å². The van der Waals surface area contributed by atoms with Gasteiger partial charge in [-0.1, -0.05) is 122 Å². The number of hydrogen-bond donors (Lipinski definition) is 2. The van der Waals surface area contributed by atoms with Crippen LogP contribution in [0.25, 0.3) is 0 Å². The molecule has 368 valence electrons. The summed E-state index contributed by atoms with van der Waals surface area (Å²) < 4.78 is 13.4. The first-order valence-corrected chi connectivity index (χ1v) is 26.2. The van der Waals surface area contributed by atoms with Gasteiger partial charge in [-0.15, -0.1) is 6.58 Å². The summed E-state index contributed by atoms with van der Waals surface area (Å²) in [6.45, 7) is 13.1. The Morgan fingerprint density at radius 1 is 0.739 bits per heavy atom. The fraction of sp³-hybridized carbons (Fsp3) is 0.491. The van der Waals surface area contributed by atoms with Crippen LogP contribution in [0.5, 0.6) is 0 Å². The fourth-order valence-electron chi connectivity index (χ4n) is 11.5. The summed E-state index contributed by atoms with van der Waals surface area (Å²) in [6, 6.07) is 28.0. The Balaban J connectivity index is 1.21. The van der Waals surface area contributed by atoms with E-state index in [4.69, 9.17) is 55.9 Å². The molecule has 4 aromatic rings. The number of nitrogens with zero attached hydrogens (tertiary/aromatic N) is 1. The lowest BCUT2D eigenvalue weighted by Gasteiger charge is -2.57. The zero-order chi connectivity index (χ0) is 49.2. The van der Waals surface area contributed by atoms with Crippen LogP contribution in [0, 0.1) is 34.5 Å². The van der Waals surface area contributed by atoms with Gasteiger partial charge in [0.2, 0.25) is 11.8 Å². The van der Waals surface area contributed by atoms with Gasteiger partial charge in [-0.2, -0.15) is 0 Å². The molecule has 3 unspecified atom stereocenters. The van der Waals surface area contributed by atoms with Crippen LogP contribution in [0.15, 0.2) is 110 Å². The second-order valence-corrected chi connectivity index (χ2v) is 23.0. The van der Waals surface area contributed by atoms with E-state index in [0.29, 0.717) is 70.8 Å². The second-order valence-electron chi connectivity index (χ2n) is 21.2. The van der Waals surface area contributed by atoms with Crippen molar-refractivity contribution in [2.45, 2.75) is 128 Å². The largest absolute Gasteiger partial charge is 0.480 e. The number of amides is 2. The van der Waals surface area contributed by atoms with Gasteiger partial charge in [0, 0.05) is 44.0 Å². The Labute approximate surface area is 428 Å². The van der Waals surface area contributed by atoms with Crippen molar-refractivity contribution in [2.75, 3.05) is 13.2 Å². The molecule has 4 fully saturated rings. The van der Waals surface area contributed by atoms with E-state index in [1.54, 1.807) is 17.9 Å². The van der Waals surface area contributed by atoms with Gasteiger partial charge in [0.1, 0.15) is 6.04 Å². The minimum atomic E-state index is -1.62. The highest BCUT2D eigenvalue weighted by molar-refractivity contribution is 6.31. The maximum atomic E-state index is 15.8. The number of benzene rings is 4. The van der Waals surface area contributed by atoms with E-state index in [0.717, 1.165) is 47.9 Å². The van der Waals surface area contributed by atoms with Gasteiger partial charge in [0.25, 0.3) is 0 Å². The van der Waals surface area contributed by atoms with Crippen molar-refractivity contribution in [2.24, 2.45) is 34.5 Å². The number of likely N-dealkylation sites (tertiary alicyclic amines) is 1. The van der Waals surface area contributed by atoms with Crippen LogP contribution in [0.3, 0.4) is 0 Å². The first-order chi connectivity index (χ1) is 33.0. The Kier molecular flexibility index (Phi) is 16.3. The van der Waals surface area contributed by atoms with Crippen LogP contribution in [0.4, 0.5) is 0 Å². The SMILES string of the molecule is C=CC[C@@]1(C)C[C@H](c2cccc(Cl)c2)[C@H](C(C)C[C@H](OCC2CC2)c2ccc(Cl)cc2)N(C(C(=O)O)[C@]2(C)C[C@H](c3cccc(Cl)c3)[C@H](C(C)C[C@H](OCC3CC3)c3ccc(Cl)cc3)NC2=O)C1=O. The number of rotatable bonds is 21. The van der Waals surface area contributed by atoms with Gasteiger partial charge in [0.15, 0.2) is 0 Å². The average Bonchev–Trinajstić information content (AvgIpc) is 4.26. The molecule has 0 bridgehead atoms. The van der Waals surface area contributed by atoms with Gasteiger partial charge in [-0.05, 0) is 159 Å². The van der Waals surface area contributed by atoms with Gasteiger partial charge in [-0.25, -0.2) is 4.79 Å². The van der Waals surface area contributed by atoms with Crippen LogP contribution in [0.1, 0.15) is 132 Å². The van der Waals surface area contributed by atoms with E-state index in [1.807, 2.05) is 104 Å². The first kappa shape index (κ1) is 51.5. The van der Waals surface area contributed by atoms with Crippen molar-refractivity contribution in [1.82, 2.24) is 10.2 Å². The van der Waals surface area contributed by atoms with Gasteiger partial charge < -0.3 is 24.8 Å². The number of aliphatic carboxylic acids is 1. The lowest BCUT2D eigenvalue weighted by atomic mass is 9.61. The standard InChI is InChI=1S/C57H66Cl4N2O6/c1-6-25-56(4)30-47(41-10-8-12-45(61)29-41)51(35(3)27-49(69-33-37-15-16-37)39-19-23-43(59)24-20-39)63(55(56)67)52(53(64)65)57(5)31-46(40-9-7-11-44(60)28-40)50(62-54(57)66)34(2)26-48(68-32-36-13-14-36)38-17-21-42(58)22-18-38/h6-12,17-24,28-29,34-37,46-52H,1,13-16,25-27,30-33H2,2-5H3,(H,62,66)(H,64,65)/t34?,35?,46-,47-,48+,49+,50+,51+,52?,56+,57+/m1/s1. The van der Waals surface area contributed by atoms with Crippen LogP contribution < -0.4 is 5.32 Å². The molecule has 2 saturated carbocycles. The molecular formula is C57H66Cl4N2O6. The minimum Gasteiger partial charge on any atom is -0.480 e. The topological polar surface area (TPSA) is 105 Å². The monoisotopic (exact) mass is 1010 g/mol. The summed E-state index contributed by atoms with van der Waals surface area (Å²) >= 11 is 26.2. The number of allylic oxidation sites excluding steroid dienone is 1. The maximum absolute atomic E-state index is 15.8. The third-order valence-electron chi connectivity index (χ3n) is 15.6. The molecule has 0 aromatic heterocycles. The van der Waals surface area contributed by atoms with Crippen LogP contribution in [-0.4, -0.2) is 59.1 Å². The normalized spacial score (nSPS) is 27.2. The maximum Gasteiger partial charge on any atom is 0.327 e. The second kappa shape index (κ2) is 21.8. The minimum absolute atomic E-state index is 0.127. The highest BCUT2D eigenvalue weighted by Gasteiger charge is 2.61. The zero-order valence-corrected chi connectivity index (χ0v) is 43.1. The van der Waals surface area contributed by atoms with Crippen molar-refractivity contribution in [3.8, 4) is 0 Å². The Morgan fingerprint density at radius 3 is 1.70 bits per heavy atom. The van der Waals surface area contributed by atoms with E-state index in [1.165, 1.54) is 0 Å². The number of carboxylic acid groups (broad SMARTS) is 1. The summed E-state index contributed by atoms with van der Waals surface area (Å²) in [5.74, 6) is -2.21. The molecule has 12 heteroatoms. The van der Waals surface area contributed by atoms with Crippen molar-refractivity contribution in [3.63, 3.8) is 0 Å². The number of hydrogen-bond acceptors (Lipinski definition) is 5. The highest BCUT2D eigenvalue weighted by atomic mass is 35.5. The molecule has 8 rings (SSSR count). The molecule has 2 N–H and O–H groups in total. The third-order valence-corrected chi connectivity index (χ3v) is 16.6. The number of carboxylic acids is 1. The highest BCUT2D eigenvalue weighted by Crippen LogP contribution is 2.54. The fourth-order valence-corrected chi connectivity index (χ4v) is 12.1. The lowest BCUT2D eigenvalue weighted by molar-refractivity contribution is -0.177. The van der Waals surface area contributed by atoms with E-state index in [9.17, 15) is 9.90 Å². The molecule has 2 aliphatic heterocycles. The molecule has 4 aliphatic rings. The van der Waals surface area contributed by atoms with Crippen molar-refractivity contribution in [3.05, 3.63) is 152 Å². The lowest BCUT2D eigenvalue weighted by Crippen LogP contribution is -2.70. The molecule has 2 saturated heterocycles. The predicted molar refractivity (Wildman–Crippen MR) is 276 cm³/mol. The van der Waals surface area contributed by atoms with Crippen LogP contribution in [0.2, 0.25) is 20.1 Å². The first-order valence-electron chi connectivity index (χ1n) is 24.7. The third kappa shape index (κ3) is 11.9. The van der Waals surface area contributed by atoms with Crippen molar-refractivity contribution in [1.29, 1.82) is 0 Å². The summed E-state index contributed by atoms with van der Waals surface area (Å²) in [7, 11) is 0. The summed E-state index contributed by atoms with van der Waals surface area (Å²) in [5, 5.41) is 17.6. The quantitative estimate of drug-likeness (QED) is 0.0806. The predicted octanol–water partition coefficient (Wildman–Crippen LogP) is 14.1. The van der Waals surface area contributed by atoms with E-state index in [2.05, 4.69) is 25.7 Å². The van der Waals surface area contributed by atoms with Crippen molar-refractivity contribution < 1.29 is 29.0 Å². The number of carbonyl (C=O) groups excluding carboxylic acids is 2. The van der Waals surface area contributed by atoms with Crippen LogP contribution >= 0.6 is 46.4 Å². The number of ether oxygens (including phenoxy) is 2. The van der Waals surface area contributed by atoms with E-state index in [-0.39, 0.29) is 48.2 Å². The Morgan fingerprint density at radius 2 is 1.23 bits per heavy atom. The number of piperidine rings is 2. The summed E-state index contributed by atoms with van der Waals surface area (Å²) in [5.41, 5.74) is 1.04. The van der Waals surface area contributed by atoms with E-state index >= 15 is 9.59 Å². The Hall–Kier alpha value is -3.89. The molecular weight excluding hydrogens is 950 g/mol. The molecule has 8 nitrogen and oxygen atoms in total. The van der Waals surface area contributed by atoms with Gasteiger partial charge in [0.05, 0.1) is 36.3 Å². The van der Waals surface area contributed by atoms with Crippen LogP contribution in [-0.2, 0) is 23.9 Å². The molecule has 4 aromatic carbocycles. The number of nitrogens with one attached hydrogen (secondary N) is 1. The molecule has 2 amide bonds. The number of halogens is 4. The van der Waals surface area contributed by atoms with Gasteiger partial charge >= 0.3 is 5.97 Å². The molecule has 11 atom stereocenters. The summed E-state index contributed by atoms with van der Waals surface area (Å²) in [4.78, 5) is 47.4. The molecule has 69 heavy (non-hydrogen) atoms. The number of carbonyl (C=O) groups is 3. The smallest absolute Gasteiger partial charge is 0.327 e. The van der Waals surface area contributed by atoms with E-state index < -0.39 is 40.8 Å². The average molecular weight is 1020 g/mol. The molecule has 0 spiro atoms.